The van der Waals surface area contributed by atoms with Gasteiger partial charge in [0.25, 0.3) is 5.69 Å². The number of nitro benzene ring substituents is 3. The van der Waals surface area contributed by atoms with Gasteiger partial charge in [0, 0.05) is 17.1 Å². The van der Waals surface area contributed by atoms with Crippen molar-refractivity contribution in [3.05, 3.63) is 143 Å². The van der Waals surface area contributed by atoms with Gasteiger partial charge >= 0.3 is 11.4 Å². The smallest absolute Gasteiger partial charge is 0.306 e. The van der Waals surface area contributed by atoms with Gasteiger partial charge in [0.2, 0.25) is 5.69 Å². The van der Waals surface area contributed by atoms with E-state index in [1.54, 1.807) is 36.4 Å². The monoisotopic (exact) mass is 605 g/mol. The topological polar surface area (TPSA) is 145 Å². The van der Waals surface area contributed by atoms with E-state index in [9.17, 15) is 30.3 Å². The molecule has 4 aromatic carbocycles. The van der Waals surface area contributed by atoms with Crippen LogP contribution in [0, 0.1) is 44.2 Å². The Labute approximate surface area is 238 Å². The second kappa shape index (κ2) is 13.2. The average Bonchev–Trinajstić information content (AvgIpc) is 2.93. The van der Waals surface area contributed by atoms with Crippen molar-refractivity contribution < 1.29 is 14.8 Å². The largest absolute Gasteiger partial charge is 0.318 e. The molecule has 0 aliphatic rings. The number of aryl methyl sites for hydroxylation is 2. The Balaban J connectivity index is 0.000000547. The van der Waals surface area contributed by atoms with Crippen molar-refractivity contribution in [2.45, 2.75) is 13.8 Å². The number of aliphatic imine (C=N–C) groups is 1. The number of benzene rings is 4. The first-order valence-electron chi connectivity index (χ1n) is 11.8. The highest BCUT2D eigenvalue weighted by atomic mass is 79.9. The lowest BCUT2D eigenvalue weighted by Crippen LogP contribution is -2.28. The van der Waals surface area contributed by atoms with Crippen molar-refractivity contribution in [1.82, 2.24) is 0 Å². The van der Waals surface area contributed by atoms with Crippen LogP contribution in [-0.2, 0) is 0 Å². The van der Waals surface area contributed by atoms with E-state index >= 15 is 0 Å². The fraction of sp³-hybridized carbons (Fsp3) is 0.107. The van der Waals surface area contributed by atoms with Crippen molar-refractivity contribution in [3.8, 4) is 0 Å². The summed E-state index contributed by atoms with van der Waals surface area (Å²) in [7, 11) is 1.39. The molecule has 4 rings (SSSR count). The molecule has 11 nitrogen and oxygen atoms in total. The molecule has 204 valence electrons. The lowest BCUT2D eigenvalue weighted by Gasteiger charge is -2.21. The van der Waals surface area contributed by atoms with Crippen LogP contribution in [0.4, 0.5) is 28.4 Å². The molecule has 0 atom stereocenters. The molecule has 12 heteroatoms. The molecule has 0 radical (unpaired) electrons. The zero-order chi connectivity index (χ0) is 29.4. The zero-order valence-electron chi connectivity index (χ0n) is 21.7. The molecular weight excluding hydrogens is 582 g/mol. The van der Waals surface area contributed by atoms with E-state index in [-0.39, 0.29) is 5.84 Å². The van der Waals surface area contributed by atoms with Crippen molar-refractivity contribution in [2.75, 3.05) is 11.9 Å². The molecule has 0 aromatic heterocycles. The van der Waals surface area contributed by atoms with Crippen LogP contribution in [0.2, 0.25) is 0 Å². The van der Waals surface area contributed by atoms with Crippen molar-refractivity contribution in [2.24, 2.45) is 4.99 Å². The van der Waals surface area contributed by atoms with Crippen molar-refractivity contribution >= 4 is 50.2 Å². The summed E-state index contributed by atoms with van der Waals surface area (Å²) < 4.78 is 0.774. The number of anilines is 1. The molecule has 0 spiro atoms. The molecule has 0 unspecified atom stereocenters. The molecule has 0 aliphatic heterocycles. The fourth-order valence-corrected chi connectivity index (χ4v) is 3.90. The maximum Gasteiger partial charge on any atom is 0.306 e. The first kappa shape index (κ1) is 29.6. The van der Waals surface area contributed by atoms with Crippen LogP contribution in [0.3, 0.4) is 0 Å². The van der Waals surface area contributed by atoms with Gasteiger partial charge in [0.05, 0.1) is 32.6 Å². The number of amidine groups is 1. The molecule has 40 heavy (non-hydrogen) atoms. The van der Waals surface area contributed by atoms with E-state index in [1.165, 1.54) is 17.5 Å². The summed E-state index contributed by atoms with van der Waals surface area (Å²) in [5.41, 5.74) is 0.590. The Morgan fingerprint density at radius 2 is 1.23 bits per heavy atom. The summed E-state index contributed by atoms with van der Waals surface area (Å²) >= 11 is 3.34. The molecular formula is C28H24BrN5O6. The third-order valence-electron chi connectivity index (χ3n) is 5.62. The SMILES string of the molecule is Cc1ccc(N=C(c2ccc(Br)cc2)N(C)c2c([N+](=O)[O-])cc([N+](=O)[O-])cc2[N+](=O)[O-])cc1.Cc1ccccc1. The Bertz CT molecular complexity index is 1520. The molecule has 0 fully saturated rings. The van der Waals surface area contributed by atoms with Crippen LogP contribution >= 0.6 is 15.9 Å². The van der Waals surface area contributed by atoms with Crippen LogP contribution in [0.1, 0.15) is 16.7 Å². The van der Waals surface area contributed by atoms with Gasteiger partial charge in [-0.2, -0.15) is 0 Å². The van der Waals surface area contributed by atoms with E-state index in [0.717, 1.165) is 10.0 Å². The average molecular weight is 606 g/mol. The summed E-state index contributed by atoms with van der Waals surface area (Å²) in [6.45, 7) is 3.98. The quantitative estimate of drug-likeness (QED) is 0.0946. The van der Waals surface area contributed by atoms with Gasteiger partial charge < -0.3 is 4.90 Å². The van der Waals surface area contributed by atoms with Gasteiger partial charge in [0.15, 0.2) is 0 Å². The van der Waals surface area contributed by atoms with Crippen molar-refractivity contribution in [3.63, 3.8) is 0 Å². The molecule has 0 bridgehead atoms. The summed E-state index contributed by atoms with van der Waals surface area (Å²) in [4.78, 5) is 37.8. The normalized spacial score (nSPS) is 10.8. The van der Waals surface area contributed by atoms with E-state index in [0.29, 0.717) is 23.4 Å². The Morgan fingerprint density at radius 1 is 0.725 bits per heavy atom. The predicted molar refractivity (Wildman–Crippen MR) is 158 cm³/mol. The van der Waals surface area contributed by atoms with Gasteiger partial charge in [-0.25, -0.2) is 4.99 Å². The number of hydrogen-bond donors (Lipinski definition) is 0. The van der Waals surface area contributed by atoms with E-state index in [1.807, 2.05) is 37.3 Å². The highest BCUT2D eigenvalue weighted by molar-refractivity contribution is 9.10. The number of halogens is 1. The fourth-order valence-electron chi connectivity index (χ4n) is 3.63. The third-order valence-corrected chi connectivity index (χ3v) is 6.15. The highest BCUT2D eigenvalue weighted by Crippen LogP contribution is 2.41. The van der Waals surface area contributed by atoms with Crippen LogP contribution in [0.25, 0.3) is 0 Å². The predicted octanol–water partition coefficient (Wildman–Crippen LogP) is 7.69. The van der Waals surface area contributed by atoms with E-state index in [4.69, 9.17) is 0 Å². The highest BCUT2D eigenvalue weighted by Gasteiger charge is 2.34. The van der Waals surface area contributed by atoms with Crippen molar-refractivity contribution in [1.29, 1.82) is 0 Å². The first-order valence-corrected chi connectivity index (χ1v) is 12.5. The van der Waals surface area contributed by atoms with Crippen LogP contribution in [0.5, 0.6) is 0 Å². The number of non-ortho nitro benzene ring substituents is 1. The molecule has 0 saturated carbocycles. The zero-order valence-corrected chi connectivity index (χ0v) is 23.3. The Kier molecular flexibility index (Phi) is 9.76. The van der Waals surface area contributed by atoms with Gasteiger partial charge in [-0.15, -0.1) is 0 Å². The molecule has 0 N–H and O–H groups in total. The van der Waals surface area contributed by atoms with Crippen LogP contribution < -0.4 is 4.90 Å². The molecule has 0 heterocycles. The number of hydrogen-bond acceptors (Lipinski definition) is 7. The van der Waals surface area contributed by atoms with E-state index in [2.05, 4.69) is 40.0 Å². The molecule has 0 saturated heterocycles. The lowest BCUT2D eigenvalue weighted by atomic mass is 10.1. The maximum atomic E-state index is 11.8. The number of rotatable bonds is 6. The first-order chi connectivity index (χ1) is 19.0. The van der Waals surface area contributed by atoms with Gasteiger partial charge in [-0.05, 0) is 38.1 Å². The molecule has 4 aromatic rings. The van der Waals surface area contributed by atoms with Gasteiger partial charge in [-0.3, -0.25) is 30.3 Å². The summed E-state index contributed by atoms with van der Waals surface area (Å²) in [6, 6.07) is 25.6. The minimum atomic E-state index is -0.917. The van der Waals surface area contributed by atoms with Gasteiger partial charge in [0.1, 0.15) is 5.84 Å². The standard InChI is InChI=1S/C21H16BrN5O6.C7H8/c1-13-3-9-16(10-4-13)23-21(14-5-7-15(22)8-6-14)24(2)20-18(26(30)31)11-17(25(28)29)12-19(20)27(32)33;1-7-5-3-2-4-6-7/h3-12H,1-2H3;2-6H,1H3. The lowest BCUT2D eigenvalue weighted by molar-refractivity contribution is -0.402. The third kappa shape index (κ3) is 7.54. The molecule has 0 aliphatic carbocycles. The van der Waals surface area contributed by atoms with Gasteiger partial charge in [-0.1, -0.05) is 81.7 Å². The van der Waals surface area contributed by atoms with Crippen LogP contribution in [-0.4, -0.2) is 27.7 Å². The summed E-state index contributed by atoms with van der Waals surface area (Å²) in [6.07, 6.45) is 0. The van der Waals surface area contributed by atoms with E-state index < -0.39 is 37.5 Å². The Morgan fingerprint density at radius 3 is 1.65 bits per heavy atom. The number of nitro groups is 3. The summed E-state index contributed by atoms with van der Waals surface area (Å²) in [5, 5.41) is 34.7. The maximum absolute atomic E-state index is 11.8. The minimum absolute atomic E-state index is 0.173. The number of nitrogens with zero attached hydrogens (tertiary/aromatic N) is 5. The van der Waals surface area contributed by atoms with Crippen LogP contribution in [0.15, 0.2) is 100 Å². The minimum Gasteiger partial charge on any atom is -0.318 e. The molecule has 0 amide bonds. The Hall–Kier alpha value is -4.97. The summed E-state index contributed by atoms with van der Waals surface area (Å²) in [5.74, 6) is 0.173. The second-order valence-corrected chi connectivity index (χ2v) is 9.51. The second-order valence-electron chi connectivity index (χ2n) is 8.60.